The Morgan fingerprint density at radius 2 is 1.62 bits per heavy atom. The molecule has 40 heavy (non-hydrogen) atoms. The van der Waals surface area contributed by atoms with Crippen LogP contribution in [-0.2, 0) is 26.1 Å². The van der Waals surface area contributed by atoms with E-state index in [1.54, 1.807) is 18.2 Å². The van der Waals surface area contributed by atoms with Gasteiger partial charge in [0.2, 0.25) is 11.8 Å². The standard InChI is InChI=1S/C21H15ClN2O8S3.2C2H4.Li/c22-15-10-33-21-20(15)24(12-35(28,29)30)19(32-21)9-18-23(11-34(25,26)27)16-8-14(6-7-17(16)31-18)13-4-2-1-3-5-13;2*1-2;/h1-10H,11-12H2,(H-,25,26,27,28,29,30);2*1-2H2;/q;;;+1/p-1. The second kappa shape index (κ2) is 13.7. The van der Waals surface area contributed by atoms with Crippen molar-refractivity contribution in [1.29, 1.82) is 0 Å². The molecule has 0 bridgehead atoms. The summed E-state index contributed by atoms with van der Waals surface area (Å²) < 4.78 is 82.2. The van der Waals surface area contributed by atoms with Crippen LogP contribution in [0.3, 0.4) is 0 Å². The van der Waals surface area contributed by atoms with Crippen LogP contribution in [0, 0.1) is 0 Å². The second-order valence-electron chi connectivity index (χ2n) is 7.52. The van der Waals surface area contributed by atoms with Crippen molar-refractivity contribution in [2.45, 2.75) is 5.88 Å². The van der Waals surface area contributed by atoms with Gasteiger partial charge in [0, 0.05) is 5.38 Å². The van der Waals surface area contributed by atoms with E-state index in [0.29, 0.717) is 5.69 Å². The molecular weight excluding hydrogens is 595 g/mol. The number of rotatable bonds is 6. The number of aromatic nitrogens is 1. The predicted octanol–water partition coefficient (Wildman–Crippen LogP) is 1.91. The number of hydrogen-bond acceptors (Lipinski definition) is 10. The fourth-order valence-electron chi connectivity index (χ4n) is 3.70. The number of hydrogen-bond donors (Lipinski definition) is 0. The summed E-state index contributed by atoms with van der Waals surface area (Å²) in [7, 11) is -9.51. The van der Waals surface area contributed by atoms with E-state index < -0.39 is 32.0 Å². The molecule has 206 valence electrons. The van der Waals surface area contributed by atoms with Crippen molar-refractivity contribution in [3.8, 4) is 16.9 Å². The first-order valence-electron chi connectivity index (χ1n) is 10.8. The van der Waals surface area contributed by atoms with Gasteiger partial charge in [-0.05, 0) is 23.3 Å². The van der Waals surface area contributed by atoms with E-state index in [2.05, 4.69) is 26.3 Å². The summed E-state index contributed by atoms with van der Waals surface area (Å²) in [6.45, 7) is 12.0. The molecule has 0 fully saturated rings. The van der Waals surface area contributed by atoms with Crippen LogP contribution in [0.5, 0.6) is 5.75 Å². The molecule has 0 saturated heterocycles. The normalized spacial score (nSPS) is 13.4. The van der Waals surface area contributed by atoms with Crippen molar-refractivity contribution in [1.82, 2.24) is 0 Å². The van der Waals surface area contributed by atoms with E-state index in [9.17, 15) is 25.9 Å². The first kappa shape index (κ1) is 33.3. The fraction of sp³-hybridized carbons (Fsp3) is 0.0800. The zero-order valence-electron chi connectivity index (χ0n) is 21.3. The average molecular weight is 617 g/mol. The molecule has 1 aliphatic rings. The number of thiophene rings is 1. The van der Waals surface area contributed by atoms with Gasteiger partial charge < -0.3 is 18.3 Å². The summed E-state index contributed by atoms with van der Waals surface area (Å²) in [6, 6.07) is 14.4. The molecule has 0 unspecified atom stereocenters. The molecule has 0 saturated carbocycles. The van der Waals surface area contributed by atoms with E-state index >= 15 is 0 Å². The van der Waals surface area contributed by atoms with E-state index in [1.165, 1.54) is 11.5 Å². The SMILES string of the molecule is C=C.C=C.O=S(=O)([O-])CN1C(=Cc2oc3scc(Cl)c3[n+]2CS(=O)(=O)[O-])Oc2ccc(-c3ccccc3)cc21.[Li+]. The molecule has 2 aromatic carbocycles. The Morgan fingerprint density at radius 3 is 2.23 bits per heavy atom. The van der Waals surface area contributed by atoms with Gasteiger partial charge in [-0.2, -0.15) is 0 Å². The Bertz CT molecular complexity index is 1730. The minimum absolute atomic E-state index is 0. The maximum atomic E-state index is 11.7. The summed E-state index contributed by atoms with van der Waals surface area (Å²) >= 11 is 7.24. The third kappa shape index (κ3) is 7.66. The molecule has 10 nitrogen and oxygen atoms in total. The molecule has 15 heteroatoms. The Labute approximate surface area is 253 Å². The smallest absolute Gasteiger partial charge is 0.747 e. The van der Waals surface area contributed by atoms with Crippen LogP contribution in [0.15, 0.2) is 90.5 Å². The molecule has 1 aliphatic heterocycles. The van der Waals surface area contributed by atoms with Crippen LogP contribution in [0.1, 0.15) is 5.89 Å². The molecule has 0 aliphatic carbocycles. The second-order valence-corrected chi connectivity index (χ2v) is 11.5. The Hall–Kier alpha value is -2.86. The third-order valence-corrected chi connectivity index (χ3v) is 7.49. The maximum Gasteiger partial charge on any atom is 1.00 e. The number of anilines is 1. The minimum atomic E-state index is -4.76. The van der Waals surface area contributed by atoms with Gasteiger partial charge in [-0.15, -0.1) is 30.9 Å². The molecule has 5 rings (SSSR count). The quantitative estimate of drug-likeness (QED) is 0.137. The van der Waals surface area contributed by atoms with Crippen molar-refractivity contribution in [3.05, 3.63) is 97.0 Å². The van der Waals surface area contributed by atoms with E-state index in [0.717, 1.165) is 31.9 Å². The maximum absolute atomic E-state index is 11.7. The summed E-state index contributed by atoms with van der Waals surface area (Å²) in [6.07, 6.45) is 1.21. The molecule has 0 N–H and O–H groups in total. The van der Waals surface area contributed by atoms with Crippen molar-refractivity contribution in [2.75, 3.05) is 10.8 Å². The van der Waals surface area contributed by atoms with E-state index in [-0.39, 0.29) is 51.8 Å². The zero-order valence-corrected chi connectivity index (χ0v) is 24.5. The van der Waals surface area contributed by atoms with Crippen LogP contribution >= 0.6 is 22.9 Å². The molecule has 3 heterocycles. The van der Waals surface area contributed by atoms with Gasteiger partial charge in [0.05, 0.1) is 5.69 Å². The Kier molecular flexibility index (Phi) is 11.4. The molecule has 4 aromatic rings. The fourth-order valence-corrected chi connectivity index (χ4v) is 6.02. The van der Waals surface area contributed by atoms with Crippen LogP contribution in [0.25, 0.3) is 27.6 Å². The van der Waals surface area contributed by atoms with Crippen molar-refractivity contribution >= 4 is 65.4 Å². The minimum Gasteiger partial charge on any atom is -0.747 e. The summed E-state index contributed by atoms with van der Waals surface area (Å²) in [5.41, 5.74) is 2.11. The van der Waals surface area contributed by atoms with Crippen LogP contribution < -0.4 is 33.1 Å². The summed E-state index contributed by atoms with van der Waals surface area (Å²) in [5, 5.41) is 1.69. The number of fused-ring (bicyclic) bond motifs is 2. The van der Waals surface area contributed by atoms with Gasteiger partial charge in [-0.25, -0.2) is 16.8 Å². The van der Waals surface area contributed by atoms with Crippen molar-refractivity contribution in [3.63, 3.8) is 0 Å². The van der Waals surface area contributed by atoms with Gasteiger partial charge in [0.15, 0.2) is 15.9 Å². The Balaban J connectivity index is 0.00000107. The van der Waals surface area contributed by atoms with Crippen LogP contribution in [0.2, 0.25) is 5.02 Å². The number of oxazole rings is 1. The monoisotopic (exact) mass is 616 g/mol. The molecule has 2 aromatic heterocycles. The molecular formula is C25H22ClLiN2O8S3. The van der Waals surface area contributed by atoms with Gasteiger partial charge in [0.1, 0.15) is 27.1 Å². The molecule has 0 radical (unpaired) electrons. The topological polar surface area (TPSA) is 144 Å². The number of benzene rings is 2. The number of ether oxygens (including phenoxy) is 1. The van der Waals surface area contributed by atoms with Crippen molar-refractivity contribution in [2.24, 2.45) is 0 Å². The van der Waals surface area contributed by atoms with E-state index in [4.69, 9.17) is 20.8 Å². The van der Waals surface area contributed by atoms with E-state index in [1.807, 2.05) is 30.3 Å². The largest absolute Gasteiger partial charge is 1.00 e. The van der Waals surface area contributed by atoms with Crippen LogP contribution in [-0.4, -0.2) is 31.8 Å². The van der Waals surface area contributed by atoms with Crippen molar-refractivity contribution < 1.29 is 58.5 Å². The molecule has 0 amide bonds. The van der Waals surface area contributed by atoms with Gasteiger partial charge in [0.25, 0.3) is 10.4 Å². The number of halogens is 1. The van der Waals surface area contributed by atoms with Crippen LogP contribution in [0.4, 0.5) is 5.69 Å². The molecule has 0 atom stereocenters. The first-order valence-corrected chi connectivity index (χ1v) is 15.2. The third-order valence-electron chi connectivity index (χ3n) is 5.08. The first-order chi connectivity index (χ1) is 18.5. The molecule has 0 spiro atoms. The number of nitrogens with zero attached hydrogens (tertiary/aromatic N) is 2. The van der Waals surface area contributed by atoms with Gasteiger partial charge in [-0.1, -0.05) is 59.3 Å². The average Bonchev–Trinajstić information content (AvgIpc) is 3.54. The summed E-state index contributed by atoms with van der Waals surface area (Å²) in [4.78, 5) is 1.38. The van der Waals surface area contributed by atoms with Gasteiger partial charge >= 0.3 is 24.8 Å². The van der Waals surface area contributed by atoms with Gasteiger partial charge in [-0.3, -0.25) is 4.90 Å². The summed E-state index contributed by atoms with van der Waals surface area (Å²) in [5.74, 6) is -1.92. The Morgan fingerprint density at radius 1 is 0.975 bits per heavy atom. The zero-order chi connectivity index (χ0) is 29.0. The predicted molar refractivity (Wildman–Crippen MR) is 149 cm³/mol.